The maximum atomic E-state index is 14.8. The average Bonchev–Trinajstić information content (AvgIpc) is 3.57. The molecule has 4 rings (SSSR count). The van der Waals surface area contributed by atoms with Crippen molar-refractivity contribution in [3.05, 3.63) is 42.6 Å². The minimum atomic E-state index is -3.59. The molecule has 2 fully saturated rings. The van der Waals surface area contributed by atoms with E-state index in [1.54, 1.807) is 39.0 Å². The summed E-state index contributed by atoms with van der Waals surface area (Å²) in [7, 11) is 0. The van der Waals surface area contributed by atoms with E-state index in [0.29, 0.717) is 24.6 Å². The number of hydrogen-bond acceptors (Lipinski definition) is 8. The van der Waals surface area contributed by atoms with Gasteiger partial charge in [0.2, 0.25) is 11.8 Å². The topological polar surface area (TPSA) is 140 Å². The van der Waals surface area contributed by atoms with Crippen molar-refractivity contribution in [2.24, 2.45) is 5.41 Å². The van der Waals surface area contributed by atoms with Crippen LogP contribution in [0.1, 0.15) is 59.1 Å². The molecule has 2 aliphatic rings. The van der Waals surface area contributed by atoms with Crippen LogP contribution < -0.4 is 10.1 Å². The first-order valence-electron chi connectivity index (χ1n) is 14.3. The van der Waals surface area contributed by atoms with Gasteiger partial charge in [0, 0.05) is 13.0 Å². The molecule has 1 aromatic heterocycles. The molecule has 13 heteroatoms. The van der Waals surface area contributed by atoms with E-state index in [-0.39, 0.29) is 24.6 Å². The summed E-state index contributed by atoms with van der Waals surface area (Å²) in [6.45, 7) is 10.4. The average molecular weight is 605 g/mol. The van der Waals surface area contributed by atoms with Gasteiger partial charge in [0.25, 0.3) is 0 Å². The van der Waals surface area contributed by atoms with E-state index in [0.717, 1.165) is 17.7 Å². The highest BCUT2D eigenvalue weighted by Gasteiger charge is 2.47. The molecule has 2 aromatic rings. The smallest absolute Gasteiger partial charge is 0.408 e. The molecule has 1 saturated heterocycles. The number of likely N-dealkylation sites (tertiary alicyclic amines) is 1. The Morgan fingerprint density at radius 1 is 1.16 bits per heavy atom. The van der Waals surface area contributed by atoms with Crippen molar-refractivity contribution in [1.29, 1.82) is 0 Å². The fourth-order valence-electron chi connectivity index (χ4n) is 5.43. The second kappa shape index (κ2) is 12.8. The summed E-state index contributed by atoms with van der Waals surface area (Å²) < 4.78 is 46.7. The number of amides is 2. The molecule has 234 valence electrons. The standard InChI is InChI=1S/C30H38F2N4O7/c1-6-30(31,32)23-25(34-19-12-9-8-11-18(19)33-23)42-17-15-20(27(38)39)36(16-17)26(37)24(29(3,4)5)35-28(40)43-22-14-10-13-21(22)41-7-2/h6,8-9,11-12,17,20-22,24H,1,7,10,13-16H2,2-5H3,(H,35,40)(H,38,39)/t17-,20+,21?,22-,24-/m1/s1. The molecule has 2 amide bonds. The number of aromatic nitrogens is 2. The molecule has 0 bridgehead atoms. The number of carboxylic acids is 1. The van der Waals surface area contributed by atoms with Crippen LogP contribution in [0.25, 0.3) is 11.0 Å². The van der Waals surface area contributed by atoms with Crippen LogP contribution in [0.15, 0.2) is 36.9 Å². The van der Waals surface area contributed by atoms with Crippen LogP contribution in [0.3, 0.4) is 0 Å². The minimum Gasteiger partial charge on any atom is -0.480 e. The van der Waals surface area contributed by atoms with E-state index < -0.39 is 65.2 Å². The molecule has 5 atom stereocenters. The lowest BCUT2D eigenvalue weighted by atomic mass is 9.85. The molecule has 11 nitrogen and oxygen atoms in total. The Morgan fingerprint density at radius 2 is 1.81 bits per heavy atom. The van der Waals surface area contributed by atoms with Crippen LogP contribution in [0.2, 0.25) is 0 Å². The monoisotopic (exact) mass is 604 g/mol. The summed E-state index contributed by atoms with van der Waals surface area (Å²) in [5.74, 6) is -6.05. The first-order chi connectivity index (χ1) is 20.2. The number of fused-ring (bicyclic) bond motifs is 1. The summed E-state index contributed by atoms with van der Waals surface area (Å²) in [5, 5.41) is 12.6. The van der Waals surface area contributed by atoms with Gasteiger partial charge in [-0.3, -0.25) is 4.79 Å². The summed E-state index contributed by atoms with van der Waals surface area (Å²) >= 11 is 0. The van der Waals surface area contributed by atoms with E-state index in [9.17, 15) is 28.3 Å². The molecule has 1 unspecified atom stereocenters. The zero-order valence-corrected chi connectivity index (χ0v) is 24.7. The zero-order valence-electron chi connectivity index (χ0n) is 24.7. The minimum absolute atomic E-state index is 0.200. The highest BCUT2D eigenvalue weighted by atomic mass is 19.3. The SMILES string of the molecule is C=CC(F)(F)c1nc2ccccc2nc1O[C@@H]1C[C@@H](C(=O)O)N(C(=O)[C@@H](NC(=O)O[C@@H]2CCCC2OCC)C(C)(C)C)C1. The number of ether oxygens (including phenoxy) is 3. The number of carbonyl (C=O) groups excluding carboxylic acids is 2. The molecule has 1 aliphatic heterocycles. The van der Waals surface area contributed by atoms with Gasteiger partial charge in [-0.1, -0.05) is 39.5 Å². The Balaban J connectivity index is 1.55. The molecule has 0 spiro atoms. The molecular formula is C30H38F2N4O7. The summed E-state index contributed by atoms with van der Waals surface area (Å²) in [6.07, 6.45) is -0.0698. The summed E-state index contributed by atoms with van der Waals surface area (Å²) in [5.41, 5.74) is -1.09. The maximum absolute atomic E-state index is 14.8. The van der Waals surface area contributed by atoms with Crippen LogP contribution in [-0.4, -0.2) is 81.5 Å². The predicted octanol–water partition coefficient (Wildman–Crippen LogP) is 4.44. The number of allylic oxidation sites excluding steroid dienone is 1. The van der Waals surface area contributed by atoms with Crippen molar-refractivity contribution in [3.8, 4) is 5.88 Å². The number of rotatable bonds is 10. The molecule has 1 aliphatic carbocycles. The number of carbonyl (C=O) groups is 3. The van der Waals surface area contributed by atoms with Crippen molar-refractivity contribution in [2.75, 3.05) is 13.2 Å². The number of carboxylic acid groups (broad SMARTS) is 1. The van der Waals surface area contributed by atoms with Crippen molar-refractivity contribution >= 4 is 29.0 Å². The van der Waals surface area contributed by atoms with Gasteiger partial charge in [-0.2, -0.15) is 8.78 Å². The lowest BCUT2D eigenvalue weighted by molar-refractivity contribution is -0.150. The Labute approximate surface area is 248 Å². The molecule has 0 radical (unpaired) electrons. The zero-order chi connectivity index (χ0) is 31.5. The number of benzene rings is 1. The largest absolute Gasteiger partial charge is 0.480 e. The first kappa shape index (κ1) is 32.1. The van der Waals surface area contributed by atoms with Gasteiger partial charge in [-0.05, 0) is 49.8 Å². The summed E-state index contributed by atoms with van der Waals surface area (Å²) in [6, 6.07) is 3.90. The predicted molar refractivity (Wildman–Crippen MR) is 152 cm³/mol. The van der Waals surface area contributed by atoms with E-state index in [2.05, 4.69) is 21.9 Å². The van der Waals surface area contributed by atoms with Crippen molar-refractivity contribution in [1.82, 2.24) is 20.2 Å². The van der Waals surface area contributed by atoms with Crippen molar-refractivity contribution < 1.29 is 42.5 Å². The van der Waals surface area contributed by atoms with Gasteiger partial charge >= 0.3 is 18.0 Å². The van der Waals surface area contributed by atoms with Gasteiger partial charge < -0.3 is 29.5 Å². The van der Waals surface area contributed by atoms with E-state index in [4.69, 9.17) is 14.2 Å². The van der Waals surface area contributed by atoms with Gasteiger partial charge in [-0.15, -0.1) is 0 Å². The third-order valence-electron chi connectivity index (χ3n) is 7.63. The molecule has 2 heterocycles. The quantitative estimate of drug-likeness (QED) is 0.377. The second-order valence-corrected chi connectivity index (χ2v) is 11.8. The molecular weight excluding hydrogens is 566 g/mol. The molecule has 1 saturated carbocycles. The lowest BCUT2D eigenvalue weighted by Crippen LogP contribution is -2.57. The molecule has 1 aromatic carbocycles. The molecule has 43 heavy (non-hydrogen) atoms. The van der Waals surface area contributed by atoms with Gasteiger partial charge in [0.15, 0.2) is 5.69 Å². The number of nitrogens with one attached hydrogen (secondary N) is 1. The summed E-state index contributed by atoms with van der Waals surface area (Å²) in [4.78, 5) is 48.4. The fraction of sp³-hybridized carbons (Fsp3) is 0.567. The number of nitrogens with zero attached hydrogens (tertiary/aromatic N) is 3. The van der Waals surface area contributed by atoms with Gasteiger partial charge in [0.1, 0.15) is 24.3 Å². The maximum Gasteiger partial charge on any atom is 0.408 e. The van der Waals surface area contributed by atoms with Crippen molar-refractivity contribution in [3.63, 3.8) is 0 Å². The number of hydrogen-bond donors (Lipinski definition) is 2. The molecule has 2 N–H and O–H groups in total. The Morgan fingerprint density at radius 3 is 2.42 bits per heavy atom. The Bertz CT molecular complexity index is 1370. The normalized spacial score (nSPS) is 23.2. The fourth-order valence-corrected chi connectivity index (χ4v) is 5.43. The van der Waals surface area contributed by atoms with Crippen LogP contribution in [0.4, 0.5) is 13.6 Å². The van der Waals surface area contributed by atoms with Gasteiger partial charge in [0.05, 0.1) is 23.7 Å². The first-order valence-corrected chi connectivity index (χ1v) is 14.3. The third kappa shape index (κ3) is 7.20. The van der Waals surface area contributed by atoms with Gasteiger partial charge in [-0.25, -0.2) is 19.6 Å². The Kier molecular flexibility index (Phi) is 9.53. The number of para-hydroxylation sites is 2. The third-order valence-corrected chi connectivity index (χ3v) is 7.63. The van der Waals surface area contributed by atoms with E-state index >= 15 is 0 Å². The number of alkyl halides is 2. The van der Waals surface area contributed by atoms with Crippen LogP contribution >= 0.6 is 0 Å². The van der Waals surface area contributed by atoms with E-state index in [1.807, 2.05) is 6.92 Å². The lowest BCUT2D eigenvalue weighted by Gasteiger charge is -2.34. The van der Waals surface area contributed by atoms with Crippen LogP contribution in [0, 0.1) is 5.41 Å². The van der Waals surface area contributed by atoms with Crippen molar-refractivity contribution in [2.45, 2.75) is 89.7 Å². The van der Waals surface area contributed by atoms with E-state index in [1.165, 1.54) is 6.07 Å². The highest BCUT2D eigenvalue weighted by molar-refractivity contribution is 5.90. The number of halogens is 2. The Hall–Kier alpha value is -3.87. The number of alkyl carbamates (subject to hydrolysis) is 1. The second-order valence-electron chi connectivity index (χ2n) is 11.8. The number of aliphatic carboxylic acids is 1. The highest BCUT2D eigenvalue weighted by Crippen LogP contribution is 2.36. The van der Waals surface area contributed by atoms with Crippen LogP contribution in [0.5, 0.6) is 5.88 Å². The van der Waals surface area contributed by atoms with Crippen LogP contribution in [-0.2, 0) is 25.0 Å².